The van der Waals surface area contributed by atoms with Crippen molar-refractivity contribution in [2.24, 2.45) is 5.10 Å². The van der Waals surface area contributed by atoms with E-state index in [1.165, 1.54) is 0 Å². The van der Waals surface area contributed by atoms with Crippen LogP contribution in [-0.4, -0.2) is 21.4 Å². The molecule has 0 spiro atoms. The van der Waals surface area contributed by atoms with Gasteiger partial charge in [-0.25, -0.2) is 4.98 Å². The number of rotatable bonds is 4. The number of aromatic hydroxyl groups is 2. The Morgan fingerprint density at radius 2 is 1.77 bits per heavy atom. The molecule has 110 valence electrons. The van der Waals surface area contributed by atoms with Crippen molar-refractivity contribution in [1.82, 2.24) is 10.4 Å². The predicted octanol–water partition coefficient (Wildman–Crippen LogP) is 2.77. The number of hydrogen-bond donors (Lipinski definition) is 3. The minimum absolute atomic E-state index is 0.148. The first-order valence-electron chi connectivity index (χ1n) is 6.85. The zero-order valence-electron chi connectivity index (χ0n) is 11.8. The molecule has 3 N–H and O–H groups in total. The van der Waals surface area contributed by atoms with Crippen LogP contribution in [0.25, 0.3) is 10.9 Å². The molecule has 0 saturated heterocycles. The van der Waals surface area contributed by atoms with Crippen molar-refractivity contribution >= 4 is 17.1 Å². The second-order valence-corrected chi connectivity index (χ2v) is 4.81. The highest BCUT2D eigenvalue weighted by molar-refractivity contribution is 5.88. The molecule has 2 aromatic carbocycles. The summed E-state index contributed by atoms with van der Waals surface area (Å²) >= 11 is 0. The number of hydrazone groups is 1. The van der Waals surface area contributed by atoms with Gasteiger partial charge >= 0.3 is 0 Å². The Kier molecular flexibility index (Phi) is 3.87. The summed E-state index contributed by atoms with van der Waals surface area (Å²) in [6.45, 7) is 0.419. The summed E-state index contributed by atoms with van der Waals surface area (Å²) in [5, 5.41) is 24.4. The molecule has 5 heteroatoms. The van der Waals surface area contributed by atoms with Crippen LogP contribution in [0.5, 0.6) is 11.5 Å². The van der Waals surface area contributed by atoms with Crippen LogP contribution in [0.3, 0.4) is 0 Å². The molecule has 0 bridgehead atoms. The lowest BCUT2D eigenvalue weighted by atomic mass is 10.2. The largest absolute Gasteiger partial charge is 0.508 e. The number of aromatic nitrogens is 1. The Hall–Kier alpha value is -3.08. The van der Waals surface area contributed by atoms with E-state index in [9.17, 15) is 10.2 Å². The van der Waals surface area contributed by atoms with E-state index in [-0.39, 0.29) is 11.5 Å². The van der Waals surface area contributed by atoms with E-state index in [0.29, 0.717) is 17.8 Å². The van der Waals surface area contributed by atoms with Gasteiger partial charge in [-0.05, 0) is 18.2 Å². The normalized spacial score (nSPS) is 11.1. The SMILES string of the molecule is Oc1ccccc1CNN=Cc1ccc2cccc(O)c2n1. The molecule has 1 aromatic heterocycles. The van der Waals surface area contributed by atoms with Crippen molar-refractivity contribution < 1.29 is 10.2 Å². The molecule has 3 rings (SSSR count). The van der Waals surface area contributed by atoms with Crippen LogP contribution in [0.15, 0.2) is 59.7 Å². The van der Waals surface area contributed by atoms with Gasteiger partial charge in [0.25, 0.3) is 0 Å². The topological polar surface area (TPSA) is 77.7 Å². The van der Waals surface area contributed by atoms with Crippen LogP contribution in [0.4, 0.5) is 0 Å². The minimum atomic E-state index is 0.148. The van der Waals surface area contributed by atoms with E-state index in [1.54, 1.807) is 30.5 Å². The standard InChI is InChI=1S/C17H15N3O2/c21-15-6-2-1-4-13(15)10-18-19-11-14-9-8-12-5-3-7-16(22)17(12)20-14/h1-9,11,18,21-22H,10H2. The summed E-state index contributed by atoms with van der Waals surface area (Å²) in [6, 6.07) is 16.1. The smallest absolute Gasteiger partial charge is 0.141 e. The van der Waals surface area contributed by atoms with Gasteiger partial charge in [-0.1, -0.05) is 36.4 Å². The first kappa shape index (κ1) is 13.9. The van der Waals surface area contributed by atoms with Gasteiger partial charge in [0.1, 0.15) is 17.0 Å². The average molecular weight is 293 g/mol. The second kappa shape index (κ2) is 6.13. The third-order valence-corrected chi connectivity index (χ3v) is 3.27. The number of fused-ring (bicyclic) bond motifs is 1. The number of pyridine rings is 1. The highest BCUT2D eigenvalue weighted by Crippen LogP contribution is 2.21. The maximum atomic E-state index is 9.80. The quantitative estimate of drug-likeness (QED) is 0.510. The van der Waals surface area contributed by atoms with Crippen molar-refractivity contribution in [3.63, 3.8) is 0 Å². The lowest BCUT2D eigenvalue weighted by molar-refractivity contribution is 0.465. The number of phenols is 2. The van der Waals surface area contributed by atoms with E-state index >= 15 is 0 Å². The van der Waals surface area contributed by atoms with Crippen LogP contribution in [0, 0.1) is 0 Å². The molecule has 0 aliphatic carbocycles. The van der Waals surface area contributed by atoms with Crippen LogP contribution in [0.2, 0.25) is 0 Å². The van der Waals surface area contributed by atoms with E-state index in [2.05, 4.69) is 15.5 Å². The number of hydrogen-bond acceptors (Lipinski definition) is 5. The first-order chi connectivity index (χ1) is 10.7. The zero-order chi connectivity index (χ0) is 15.4. The van der Waals surface area contributed by atoms with Crippen molar-refractivity contribution in [2.75, 3.05) is 0 Å². The summed E-state index contributed by atoms with van der Waals surface area (Å²) in [5.74, 6) is 0.383. The Morgan fingerprint density at radius 1 is 0.955 bits per heavy atom. The summed E-state index contributed by atoms with van der Waals surface area (Å²) in [5.41, 5.74) is 4.81. The van der Waals surface area contributed by atoms with Gasteiger partial charge in [-0.2, -0.15) is 5.10 Å². The third kappa shape index (κ3) is 2.98. The molecule has 0 radical (unpaired) electrons. The molecule has 0 aliphatic rings. The van der Waals surface area contributed by atoms with Gasteiger partial charge in [0.15, 0.2) is 0 Å². The number of phenolic OH excluding ortho intramolecular Hbond substituents is 2. The lowest BCUT2D eigenvalue weighted by Crippen LogP contribution is -2.06. The van der Waals surface area contributed by atoms with Gasteiger partial charge < -0.3 is 15.6 Å². The molecule has 1 heterocycles. The van der Waals surface area contributed by atoms with Crippen LogP contribution in [0.1, 0.15) is 11.3 Å². The second-order valence-electron chi connectivity index (χ2n) is 4.81. The summed E-state index contributed by atoms with van der Waals surface area (Å²) < 4.78 is 0. The van der Waals surface area contributed by atoms with Crippen LogP contribution in [-0.2, 0) is 6.54 Å². The Balaban J connectivity index is 1.70. The highest BCUT2D eigenvalue weighted by Gasteiger charge is 2.01. The summed E-state index contributed by atoms with van der Waals surface area (Å²) in [7, 11) is 0. The Morgan fingerprint density at radius 3 is 2.64 bits per heavy atom. The van der Waals surface area contributed by atoms with E-state index in [1.807, 2.05) is 30.3 Å². The molecule has 0 saturated carbocycles. The van der Waals surface area contributed by atoms with Crippen molar-refractivity contribution in [1.29, 1.82) is 0 Å². The highest BCUT2D eigenvalue weighted by atomic mass is 16.3. The fraction of sp³-hybridized carbons (Fsp3) is 0.0588. The Labute approximate surface area is 127 Å². The Bertz CT molecular complexity index is 831. The van der Waals surface area contributed by atoms with Gasteiger partial charge in [0.2, 0.25) is 0 Å². The fourth-order valence-corrected chi connectivity index (χ4v) is 2.12. The number of nitrogens with zero attached hydrogens (tertiary/aromatic N) is 2. The van der Waals surface area contributed by atoms with Crippen LogP contribution >= 0.6 is 0 Å². The number of nitrogens with one attached hydrogen (secondary N) is 1. The predicted molar refractivity (Wildman–Crippen MR) is 85.9 cm³/mol. The van der Waals surface area contributed by atoms with Gasteiger partial charge in [-0.15, -0.1) is 0 Å². The van der Waals surface area contributed by atoms with Crippen molar-refractivity contribution in [3.05, 3.63) is 65.9 Å². The lowest BCUT2D eigenvalue weighted by Gasteiger charge is -2.03. The van der Waals surface area contributed by atoms with Crippen molar-refractivity contribution in [2.45, 2.75) is 6.54 Å². The first-order valence-corrected chi connectivity index (χ1v) is 6.85. The monoisotopic (exact) mass is 293 g/mol. The summed E-state index contributed by atoms with van der Waals surface area (Å²) in [4.78, 5) is 4.35. The third-order valence-electron chi connectivity index (χ3n) is 3.27. The number of para-hydroxylation sites is 2. The van der Waals surface area contributed by atoms with E-state index < -0.39 is 0 Å². The molecule has 0 amide bonds. The molecule has 5 nitrogen and oxygen atoms in total. The molecule has 0 fully saturated rings. The molecule has 22 heavy (non-hydrogen) atoms. The molecule has 3 aromatic rings. The maximum absolute atomic E-state index is 9.80. The summed E-state index contributed by atoms with van der Waals surface area (Å²) in [6.07, 6.45) is 1.58. The minimum Gasteiger partial charge on any atom is -0.508 e. The maximum Gasteiger partial charge on any atom is 0.141 e. The van der Waals surface area contributed by atoms with E-state index in [0.717, 1.165) is 10.9 Å². The molecular formula is C17H15N3O2. The zero-order valence-corrected chi connectivity index (χ0v) is 11.8. The number of benzene rings is 2. The van der Waals surface area contributed by atoms with Gasteiger partial charge in [0, 0.05) is 10.9 Å². The van der Waals surface area contributed by atoms with Gasteiger partial charge in [0.05, 0.1) is 18.5 Å². The van der Waals surface area contributed by atoms with Crippen molar-refractivity contribution in [3.8, 4) is 11.5 Å². The fourth-order valence-electron chi connectivity index (χ4n) is 2.12. The molecule has 0 atom stereocenters. The van der Waals surface area contributed by atoms with Crippen LogP contribution < -0.4 is 5.43 Å². The molecular weight excluding hydrogens is 278 g/mol. The average Bonchev–Trinajstić information content (AvgIpc) is 2.54. The van der Waals surface area contributed by atoms with Gasteiger partial charge in [-0.3, -0.25) is 0 Å². The van der Waals surface area contributed by atoms with E-state index in [4.69, 9.17) is 0 Å². The molecule has 0 aliphatic heterocycles. The molecule has 0 unspecified atom stereocenters.